The van der Waals surface area contributed by atoms with Crippen molar-refractivity contribution in [1.82, 2.24) is 20.4 Å². The third-order valence-electron chi connectivity index (χ3n) is 5.00. The first-order valence-corrected chi connectivity index (χ1v) is 11.0. The summed E-state index contributed by atoms with van der Waals surface area (Å²) in [6.07, 6.45) is 0. The minimum absolute atomic E-state index is 0.0833. The van der Waals surface area contributed by atoms with E-state index in [0.717, 1.165) is 49.8 Å². The van der Waals surface area contributed by atoms with Crippen molar-refractivity contribution in [3.8, 4) is 0 Å². The lowest BCUT2D eigenvalue weighted by Gasteiger charge is -2.30. The van der Waals surface area contributed by atoms with Gasteiger partial charge >= 0.3 is 0 Å². The number of rotatable bonds is 11. The number of guanidine groups is 1. The molecule has 6 heteroatoms. The van der Waals surface area contributed by atoms with Gasteiger partial charge in [-0.2, -0.15) is 0 Å². The summed E-state index contributed by atoms with van der Waals surface area (Å²) in [4.78, 5) is 21.4. The van der Waals surface area contributed by atoms with E-state index in [9.17, 15) is 4.79 Å². The van der Waals surface area contributed by atoms with Gasteiger partial charge in [-0.3, -0.25) is 9.69 Å². The molecule has 0 unspecified atom stereocenters. The zero-order valence-corrected chi connectivity index (χ0v) is 19.5. The standard InChI is InChI=1S/C23H41N5O/c1-8-24-23(25-15-16-28(18(4)5)19(6)7)26-17-20-11-13-21(14-12-20)22(29)27(9-2)10-3/h11-14,18-19H,8-10,15-17H2,1-7H3,(H2,24,25,26). The van der Waals surface area contributed by atoms with E-state index in [2.05, 4.69) is 50.2 Å². The van der Waals surface area contributed by atoms with E-state index >= 15 is 0 Å². The molecule has 0 heterocycles. The van der Waals surface area contributed by atoms with Crippen LogP contribution in [-0.2, 0) is 6.54 Å². The lowest BCUT2D eigenvalue weighted by atomic mass is 10.1. The second-order valence-electron chi connectivity index (χ2n) is 7.72. The van der Waals surface area contributed by atoms with Gasteiger partial charge in [0.1, 0.15) is 0 Å². The quantitative estimate of drug-likeness (QED) is 0.439. The summed E-state index contributed by atoms with van der Waals surface area (Å²) in [5.41, 5.74) is 1.82. The Balaban J connectivity index is 2.67. The smallest absolute Gasteiger partial charge is 0.253 e. The van der Waals surface area contributed by atoms with Gasteiger partial charge in [-0.25, -0.2) is 4.99 Å². The molecular formula is C23H41N5O. The van der Waals surface area contributed by atoms with Gasteiger partial charge in [0.2, 0.25) is 0 Å². The largest absolute Gasteiger partial charge is 0.357 e. The number of carbonyl (C=O) groups excluding carboxylic acids is 1. The molecular weight excluding hydrogens is 362 g/mol. The van der Waals surface area contributed by atoms with Crippen molar-refractivity contribution in [2.45, 2.75) is 67.1 Å². The van der Waals surface area contributed by atoms with Crippen molar-refractivity contribution in [3.05, 3.63) is 35.4 Å². The highest BCUT2D eigenvalue weighted by Gasteiger charge is 2.13. The minimum atomic E-state index is 0.0833. The molecule has 164 valence electrons. The highest BCUT2D eigenvalue weighted by molar-refractivity contribution is 5.94. The van der Waals surface area contributed by atoms with E-state index < -0.39 is 0 Å². The van der Waals surface area contributed by atoms with Crippen molar-refractivity contribution in [1.29, 1.82) is 0 Å². The van der Waals surface area contributed by atoms with E-state index in [-0.39, 0.29) is 5.91 Å². The Kier molecular flexibility index (Phi) is 11.4. The lowest BCUT2D eigenvalue weighted by Crippen LogP contribution is -2.45. The summed E-state index contributed by atoms with van der Waals surface area (Å²) in [6, 6.07) is 8.82. The summed E-state index contributed by atoms with van der Waals surface area (Å²) in [6.45, 7) is 19.7. The molecule has 2 N–H and O–H groups in total. The predicted octanol–water partition coefficient (Wildman–Crippen LogP) is 3.34. The van der Waals surface area contributed by atoms with Gasteiger partial charge < -0.3 is 15.5 Å². The zero-order chi connectivity index (χ0) is 21.8. The number of nitrogens with one attached hydrogen (secondary N) is 2. The molecule has 29 heavy (non-hydrogen) atoms. The summed E-state index contributed by atoms with van der Waals surface area (Å²) in [5.74, 6) is 0.906. The Hall–Kier alpha value is -2.08. The number of aliphatic imine (C=N–C) groups is 1. The van der Waals surface area contributed by atoms with E-state index in [1.807, 2.05) is 43.0 Å². The fourth-order valence-corrected chi connectivity index (χ4v) is 3.37. The fraction of sp³-hybridized carbons (Fsp3) is 0.652. The van der Waals surface area contributed by atoms with Crippen LogP contribution in [0.4, 0.5) is 0 Å². The van der Waals surface area contributed by atoms with Gasteiger partial charge in [-0.15, -0.1) is 0 Å². The van der Waals surface area contributed by atoms with E-state index in [0.29, 0.717) is 18.6 Å². The molecule has 0 saturated heterocycles. The summed E-state index contributed by atoms with van der Waals surface area (Å²) in [7, 11) is 0. The molecule has 6 nitrogen and oxygen atoms in total. The SMILES string of the molecule is CCNC(=NCc1ccc(C(=O)N(CC)CC)cc1)NCCN(C(C)C)C(C)C. The molecule has 0 aliphatic heterocycles. The molecule has 0 fully saturated rings. The fourth-order valence-electron chi connectivity index (χ4n) is 3.37. The molecule has 0 bridgehead atoms. The van der Waals surface area contributed by atoms with Crippen LogP contribution < -0.4 is 10.6 Å². The number of hydrogen-bond donors (Lipinski definition) is 2. The Morgan fingerprint density at radius 2 is 1.55 bits per heavy atom. The van der Waals surface area contributed by atoms with Crippen LogP contribution in [0.3, 0.4) is 0 Å². The third kappa shape index (κ3) is 8.44. The molecule has 1 rings (SSSR count). The zero-order valence-electron chi connectivity index (χ0n) is 19.5. The average Bonchev–Trinajstić information content (AvgIpc) is 2.69. The first-order chi connectivity index (χ1) is 13.8. The number of nitrogens with zero attached hydrogens (tertiary/aromatic N) is 3. The minimum Gasteiger partial charge on any atom is -0.357 e. The molecule has 1 aromatic carbocycles. The number of carbonyl (C=O) groups is 1. The van der Waals surface area contributed by atoms with Crippen LogP contribution >= 0.6 is 0 Å². The molecule has 1 amide bonds. The van der Waals surface area contributed by atoms with Crippen molar-refractivity contribution in [2.24, 2.45) is 4.99 Å². The lowest BCUT2D eigenvalue weighted by molar-refractivity contribution is 0.0773. The highest BCUT2D eigenvalue weighted by atomic mass is 16.2. The van der Waals surface area contributed by atoms with Crippen LogP contribution in [0.2, 0.25) is 0 Å². The van der Waals surface area contributed by atoms with Crippen LogP contribution in [0.25, 0.3) is 0 Å². The topological polar surface area (TPSA) is 60.0 Å². The van der Waals surface area contributed by atoms with E-state index in [4.69, 9.17) is 4.99 Å². The van der Waals surface area contributed by atoms with Crippen molar-refractivity contribution < 1.29 is 4.79 Å². The first-order valence-electron chi connectivity index (χ1n) is 11.0. The van der Waals surface area contributed by atoms with Crippen LogP contribution in [-0.4, -0.2) is 66.5 Å². The Morgan fingerprint density at radius 3 is 2.03 bits per heavy atom. The van der Waals surface area contributed by atoms with Gasteiger partial charge in [0, 0.05) is 50.4 Å². The van der Waals surface area contributed by atoms with Crippen LogP contribution in [0.15, 0.2) is 29.3 Å². The Morgan fingerprint density at radius 1 is 0.966 bits per heavy atom. The van der Waals surface area contributed by atoms with E-state index in [1.54, 1.807) is 0 Å². The number of benzene rings is 1. The average molecular weight is 404 g/mol. The van der Waals surface area contributed by atoms with Crippen LogP contribution in [0.1, 0.15) is 64.4 Å². The molecule has 0 spiro atoms. The summed E-state index contributed by atoms with van der Waals surface area (Å²) in [5, 5.41) is 6.73. The van der Waals surface area contributed by atoms with Crippen molar-refractivity contribution in [2.75, 3.05) is 32.7 Å². The maximum atomic E-state index is 12.4. The maximum Gasteiger partial charge on any atom is 0.253 e. The molecule has 0 radical (unpaired) electrons. The highest BCUT2D eigenvalue weighted by Crippen LogP contribution is 2.09. The number of amides is 1. The van der Waals surface area contributed by atoms with E-state index in [1.165, 1.54) is 0 Å². The molecule has 0 saturated carbocycles. The van der Waals surface area contributed by atoms with Gasteiger partial charge in [-0.1, -0.05) is 12.1 Å². The van der Waals surface area contributed by atoms with Crippen LogP contribution in [0.5, 0.6) is 0 Å². The monoisotopic (exact) mass is 403 g/mol. The van der Waals surface area contributed by atoms with Gasteiger partial charge in [0.25, 0.3) is 5.91 Å². The molecule has 1 aromatic rings. The molecule has 0 atom stereocenters. The number of hydrogen-bond acceptors (Lipinski definition) is 3. The van der Waals surface area contributed by atoms with Gasteiger partial charge in [0.05, 0.1) is 6.54 Å². The van der Waals surface area contributed by atoms with Gasteiger partial charge in [-0.05, 0) is 66.2 Å². The maximum absolute atomic E-state index is 12.4. The summed E-state index contributed by atoms with van der Waals surface area (Å²) < 4.78 is 0. The first kappa shape index (κ1) is 25.0. The molecule has 0 aromatic heterocycles. The summed E-state index contributed by atoms with van der Waals surface area (Å²) >= 11 is 0. The molecule has 0 aliphatic carbocycles. The van der Waals surface area contributed by atoms with Crippen molar-refractivity contribution >= 4 is 11.9 Å². The molecule has 0 aliphatic rings. The Bertz CT molecular complexity index is 613. The second kappa shape index (κ2) is 13.2. The Labute approximate surface area is 177 Å². The predicted molar refractivity (Wildman–Crippen MR) is 123 cm³/mol. The van der Waals surface area contributed by atoms with Gasteiger partial charge in [0.15, 0.2) is 5.96 Å². The van der Waals surface area contributed by atoms with Crippen molar-refractivity contribution in [3.63, 3.8) is 0 Å². The van der Waals surface area contributed by atoms with Crippen LogP contribution in [0, 0.1) is 0 Å². The third-order valence-corrected chi connectivity index (χ3v) is 5.00. The normalized spacial score (nSPS) is 12.0. The second-order valence-corrected chi connectivity index (χ2v) is 7.72.